The third-order valence-corrected chi connectivity index (χ3v) is 4.04. The molecule has 5 nitrogen and oxygen atoms in total. The topological polar surface area (TPSA) is 71.7 Å². The third-order valence-electron chi connectivity index (χ3n) is 3.43. The first kappa shape index (κ1) is 16.7. The molecule has 120 valence electrons. The number of carbonyl (C=O) groups is 1. The van der Waals surface area contributed by atoms with Crippen LogP contribution in [0.4, 0.5) is 0 Å². The average molecular weight is 323 g/mol. The summed E-state index contributed by atoms with van der Waals surface area (Å²) in [4.78, 5) is 12.2. The Morgan fingerprint density at radius 2 is 2.27 bits per heavy atom. The molecule has 0 aliphatic heterocycles. The standard InChI is InChI=1S/C16H21NO4S/c1-16(19,7-8-22-3)10-17-15(18)13-9-11-5-4-6-12(20-2)14(11)21-13/h4-6,9,19H,7-8,10H2,1-3H3,(H,17,18). The number of rotatable bonds is 7. The van der Waals surface area contributed by atoms with Gasteiger partial charge in [0.15, 0.2) is 17.1 Å². The molecule has 2 aromatic rings. The lowest BCUT2D eigenvalue weighted by Crippen LogP contribution is -2.40. The van der Waals surface area contributed by atoms with Crippen molar-refractivity contribution in [2.75, 3.05) is 25.7 Å². The monoisotopic (exact) mass is 323 g/mol. The molecule has 1 aromatic carbocycles. The van der Waals surface area contributed by atoms with E-state index in [0.717, 1.165) is 11.1 Å². The third kappa shape index (κ3) is 3.96. The maximum atomic E-state index is 12.2. The van der Waals surface area contributed by atoms with Gasteiger partial charge in [-0.05, 0) is 37.5 Å². The highest BCUT2D eigenvalue weighted by atomic mass is 32.2. The van der Waals surface area contributed by atoms with Crippen LogP contribution in [0.25, 0.3) is 11.0 Å². The van der Waals surface area contributed by atoms with Gasteiger partial charge in [0.1, 0.15) is 0 Å². The van der Waals surface area contributed by atoms with Gasteiger partial charge in [-0.1, -0.05) is 12.1 Å². The van der Waals surface area contributed by atoms with Crippen molar-refractivity contribution in [3.05, 3.63) is 30.0 Å². The number of para-hydroxylation sites is 1. The summed E-state index contributed by atoms with van der Waals surface area (Å²) in [5.74, 6) is 1.29. The predicted octanol–water partition coefficient (Wildman–Crippen LogP) is 2.68. The second-order valence-electron chi connectivity index (χ2n) is 5.41. The van der Waals surface area contributed by atoms with Crippen molar-refractivity contribution >= 4 is 28.6 Å². The molecule has 0 radical (unpaired) electrons. The summed E-state index contributed by atoms with van der Waals surface area (Å²) in [7, 11) is 1.56. The summed E-state index contributed by atoms with van der Waals surface area (Å²) >= 11 is 1.66. The number of amides is 1. The number of ether oxygens (including phenoxy) is 1. The lowest BCUT2D eigenvalue weighted by atomic mass is 10.0. The zero-order valence-corrected chi connectivity index (χ0v) is 13.8. The first-order valence-corrected chi connectivity index (χ1v) is 8.42. The maximum Gasteiger partial charge on any atom is 0.287 e. The number of hydrogen-bond acceptors (Lipinski definition) is 5. The van der Waals surface area contributed by atoms with Gasteiger partial charge >= 0.3 is 0 Å². The highest BCUT2D eigenvalue weighted by Crippen LogP contribution is 2.28. The van der Waals surface area contributed by atoms with Gasteiger partial charge in [-0.3, -0.25) is 4.79 Å². The summed E-state index contributed by atoms with van der Waals surface area (Å²) in [6.07, 6.45) is 2.60. The average Bonchev–Trinajstić information content (AvgIpc) is 2.94. The number of fused-ring (bicyclic) bond motifs is 1. The van der Waals surface area contributed by atoms with E-state index in [1.165, 1.54) is 0 Å². The molecule has 1 atom stereocenters. The van der Waals surface area contributed by atoms with Gasteiger partial charge in [0, 0.05) is 11.9 Å². The minimum Gasteiger partial charge on any atom is -0.493 e. The number of methoxy groups -OCH3 is 1. The fourth-order valence-corrected chi connectivity index (χ4v) is 2.72. The molecule has 2 rings (SSSR count). The van der Waals surface area contributed by atoms with E-state index in [-0.39, 0.29) is 18.2 Å². The number of benzene rings is 1. The van der Waals surface area contributed by atoms with Crippen LogP contribution in [-0.2, 0) is 0 Å². The predicted molar refractivity (Wildman–Crippen MR) is 88.7 cm³/mol. The summed E-state index contributed by atoms with van der Waals surface area (Å²) in [6, 6.07) is 7.14. The Balaban J connectivity index is 2.07. The quantitative estimate of drug-likeness (QED) is 0.819. The molecule has 6 heteroatoms. The van der Waals surface area contributed by atoms with Gasteiger partial charge < -0.3 is 19.6 Å². The van der Waals surface area contributed by atoms with E-state index in [9.17, 15) is 9.90 Å². The second kappa shape index (κ2) is 7.07. The van der Waals surface area contributed by atoms with E-state index in [4.69, 9.17) is 9.15 Å². The summed E-state index contributed by atoms with van der Waals surface area (Å²) in [6.45, 7) is 1.89. The zero-order chi connectivity index (χ0) is 16.2. The summed E-state index contributed by atoms with van der Waals surface area (Å²) in [5, 5.41) is 13.7. The molecule has 0 aliphatic carbocycles. The molecule has 1 heterocycles. The molecule has 0 saturated carbocycles. The van der Waals surface area contributed by atoms with Crippen LogP contribution in [0.15, 0.2) is 28.7 Å². The molecular formula is C16H21NO4S. The van der Waals surface area contributed by atoms with Gasteiger partial charge in [0.25, 0.3) is 5.91 Å². The Morgan fingerprint density at radius 3 is 2.95 bits per heavy atom. The van der Waals surface area contributed by atoms with E-state index in [1.54, 1.807) is 37.9 Å². The van der Waals surface area contributed by atoms with Crippen LogP contribution in [0.2, 0.25) is 0 Å². The van der Waals surface area contributed by atoms with Crippen molar-refractivity contribution in [1.82, 2.24) is 5.32 Å². The first-order valence-electron chi connectivity index (χ1n) is 7.03. The van der Waals surface area contributed by atoms with E-state index in [0.29, 0.717) is 17.8 Å². The molecule has 0 bridgehead atoms. The SMILES string of the molecule is COc1cccc2cc(C(=O)NCC(C)(O)CCSC)oc12. The van der Waals surface area contributed by atoms with Crippen LogP contribution >= 0.6 is 11.8 Å². The van der Waals surface area contributed by atoms with Crippen LogP contribution in [-0.4, -0.2) is 42.3 Å². The highest BCUT2D eigenvalue weighted by molar-refractivity contribution is 7.98. The van der Waals surface area contributed by atoms with Crippen molar-refractivity contribution in [3.8, 4) is 5.75 Å². The van der Waals surface area contributed by atoms with Crippen LogP contribution in [0.3, 0.4) is 0 Å². The van der Waals surface area contributed by atoms with Gasteiger partial charge in [-0.2, -0.15) is 11.8 Å². The van der Waals surface area contributed by atoms with Crippen molar-refractivity contribution in [2.24, 2.45) is 0 Å². The molecule has 1 amide bonds. The molecule has 0 aliphatic rings. The number of thioether (sulfide) groups is 1. The Labute approximate surface area is 134 Å². The Kier molecular flexibility index (Phi) is 5.37. The van der Waals surface area contributed by atoms with Gasteiger partial charge in [-0.15, -0.1) is 0 Å². The fraction of sp³-hybridized carbons (Fsp3) is 0.438. The minimum atomic E-state index is -0.928. The van der Waals surface area contributed by atoms with E-state index in [1.807, 2.05) is 18.4 Å². The zero-order valence-electron chi connectivity index (χ0n) is 13.0. The van der Waals surface area contributed by atoms with E-state index in [2.05, 4.69) is 5.32 Å². The normalized spacial score (nSPS) is 13.8. The Morgan fingerprint density at radius 1 is 1.50 bits per heavy atom. The number of furan rings is 1. The maximum absolute atomic E-state index is 12.2. The molecule has 0 saturated heterocycles. The van der Waals surface area contributed by atoms with E-state index < -0.39 is 5.60 Å². The van der Waals surface area contributed by atoms with Crippen LogP contribution in [0.5, 0.6) is 5.75 Å². The van der Waals surface area contributed by atoms with Crippen LogP contribution < -0.4 is 10.1 Å². The fourth-order valence-electron chi connectivity index (χ4n) is 2.08. The highest BCUT2D eigenvalue weighted by Gasteiger charge is 2.22. The molecule has 22 heavy (non-hydrogen) atoms. The molecule has 1 unspecified atom stereocenters. The smallest absolute Gasteiger partial charge is 0.287 e. The molecule has 0 spiro atoms. The van der Waals surface area contributed by atoms with Crippen LogP contribution in [0.1, 0.15) is 23.9 Å². The van der Waals surface area contributed by atoms with Crippen molar-refractivity contribution in [1.29, 1.82) is 0 Å². The Bertz CT molecular complexity index is 651. The first-order chi connectivity index (χ1) is 10.5. The number of aliphatic hydroxyl groups is 1. The molecular weight excluding hydrogens is 302 g/mol. The van der Waals surface area contributed by atoms with Gasteiger partial charge in [0.05, 0.1) is 12.7 Å². The van der Waals surface area contributed by atoms with E-state index >= 15 is 0 Å². The molecule has 1 aromatic heterocycles. The largest absolute Gasteiger partial charge is 0.493 e. The lowest BCUT2D eigenvalue weighted by molar-refractivity contribution is 0.0521. The summed E-state index contributed by atoms with van der Waals surface area (Å²) in [5.41, 5.74) is -0.383. The summed E-state index contributed by atoms with van der Waals surface area (Å²) < 4.78 is 10.8. The van der Waals surface area contributed by atoms with Crippen molar-refractivity contribution in [3.63, 3.8) is 0 Å². The number of nitrogens with one attached hydrogen (secondary N) is 1. The van der Waals surface area contributed by atoms with Gasteiger partial charge in [-0.25, -0.2) is 0 Å². The lowest BCUT2D eigenvalue weighted by Gasteiger charge is -2.22. The number of hydrogen-bond donors (Lipinski definition) is 2. The van der Waals surface area contributed by atoms with Gasteiger partial charge in [0.2, 0.25) is 0 Å². The number of carbonyl (C=O) groups excluding carboxylic acids is 1. The Hall–Kier alpha value is -1.66. The molecule has 2 N–H and O–H groups in total. The minimum absolute atomic E-state index is 0.181. The van der Waals surface area contributed by atoms with Crippen molar-refractivity contribution < 1.29 is 19.1 Å². The van der Waals surface area contributed by atoms with Crippen molar-refractivity contribution in [2.45, 2.75) is 18.9 Å². The van der Waals surface area contributed by atoms with Crippen LogP contribution in [0, 0.1) is 0 Å². The molecule has 0 fully saturated rings. The second-order valence-corrected chi connectivity index (χ2v) is 6.40.